The van der Waals surface area contributed by atoms with Crippen LogP contribution in [0.1, 0.15) is 6.42 Å². The van der Waals surface area contributed by atoms with Crippen LogP contribution in [0.4, 0.5) is 20.2 Å². The predicted molar refractivity (Wildman–Crippen MR) is 94.3 cm³/mol. The molecular weight excluding hydrogens is 362 g/mol. The molecule has 0 aliphatic heterocycles. The number of nitrogens with one attached hydrogen (secondary N) is 2. The summed E-state index contributed by atoms with van der Waals surface area (Å²) in [5.74, 6) is -2.12. The van der Waals surface area contributed by atoms with Gasteiger partial charge in [-0.1, -0.05) is 0 Å². The smallest absolute Gasteiger partial charge is 0.233 e. The SMILES string of the molecule is COc1cc(NC(=O)CC(=O)Nc2ccc(F)cc2F)cc(OC)c1OC. The average molecular weight is 380 g/mol. The highest BCUT2D eigenvalue weighted by atomic mass is 19.1. The van der Waals surface area contributed by atoms with Gasteiger partial charge in [-0.05, 0) is 12.1 Å². The Labute approximate surface area is 154 Å². The van der Waals surface area contributed by atoms with Gasteiger partial charge in [0.25, 0.3) is 0 Å². The van der Waals surface area contributed by atoms with E-state index in [1.807, 2.05) is 0 Å². The Morgan fingerprint density at radius 2 is 1.48 bits per heavy atom. The average Bonchev–Trinajstić information content (AvgIpc) is 2.62. The van der Waals surface area contributed by atoms with Gasteiger partial charge in [0.1, 0.15) is 18.1 Å². The van der Waals surface area contributed by atoms with E-state index < -0.39 is 29.9 Å². The van der Waals surface area contributed by atoms with Crippen LogP contribution in [0.15, 0.2) is 30.3 Å². The van der Waals surface area contributed by atoms with Crippen LogP contribution in [0, 0.1) is 11.6 Å². The lowest BCUT2D eigenvalue weighted by Crippen LogP contribution is -2.22. The summed E-state index contributed by atoms with van der Waals surface area (Å²) in [6.07, 6.45) is -0.576. The van der Waals surface area contributed by atoms with Crippen LogP contribution in [-0.4, -0.2) is 33.1 Å². The van der Waals surface area contributed by atoms with E-state index >= 15 is 0 Å². The summed E-state index contributed by atoms with van der Waals surface area (Å²) in [5, 5.41) is 4.72. The molecule has 144 valence electrons. The van der Waals surface area contributed by atoms with Crippen molar-refractivity contribution in [1.82, 2.24) is 0 Å². The first-order chi connectivity index (χ1) is 12.9. The van der Waals surface area contributed by atoms with Crippen molar-refractivity contribution in [1.29, 1.82) is 0 Å². The van der Waals surface area contributed by atoms with Gasteiger partial charge in [-0.3, -0.25) is 9.59 Å². The van der Waals surface area contributed by atoms with Gasteiger partial charge in [0.05, 0.1) is 27.0 Å². The van der Waals surface area contributed by atoms with E-state index in [0.29, 0.717) is 29.0 Å². The van der Waals surface area contributed by atoms with Crippen LogP contribution in [-0.2, 0) is 9.59 Å². The van der Waals surface area contributed by atoms with E-state index in [9.17, 15) is 18.4 Å². The molecule has 2 N–H and O–H groups in total. The third kappa shape index (κ3) is 5.06. The number of hydrogen-bond acceptors (Lipinski definition) is 5. The highest BCUT2D eigenvalue weighted by Crippen LogP contribution is 2.39. The number of carbonyl (C=O) groups is 2. The van der Waals surface area contributed by atoms with Crippen molar-refractivity contribution in [2.24, 2.45) is 0 Å². The minimum atomic E-state index is -0.937. The topological polar surface area (TPSA) is 85.9 Å². The molecule has 0 aliphatic carbocycles. The zero-order valence-electron chi connectivity index (χ0n) is 14.9. The quantitative estimate of drug-likeness (QED) is 0.722. The Morgan fingerprint density at radius 1 is 0.889 bits per heavy atom. The Bertz CT molecular complexity index is 833. The van der Waals surface area contributed by atoms with Crippen LogP contribution in [0.5, 0.6) is 17.2 Å². The zero-order chi connectivity index (χ0) is 20.0. The molecule has 0 spiro atoms. The number of rotatable bonds is 7. The van der Waals surface area contributed by atoms with E-state index in [1.54, 1.807) is 0 Å². The van der Waals surface area contributed by atoms with E-state index in [0.717, 1.165) is 12.1 Å². The maximum Gasteiger partial charge on any atom is 0.233 e. The lowest BCUT2D eigenvalue weighted by molar-refractivity contribution is -0.123. The minimum absolute atomic E-state index is 0.220. The molecule has 0 radical (unpaired) electrons. The van der Waals surface area contributed by atoms with Crippen molar-refractivity contribution in [3.05, 3.63) is 42.0 Å². The molecule has 0 saturated heterocycles. The number of anilines is 2. The molecule has 0 heterocycles. The second-order valence-corrected chi connectivity index (χ2v) is 5.31. The number of amides is 2. The van der Waals surface area contributed by atoms with Crippen molar-refractivity contribution < 1.29 is 32.6 Å². The second-order valence-electron chi connectivity index (χ2n) is 5.31. The van der Waals surface area contributed by atoms with E-state index in [4.69, 9.17) is 14.2 Å². The largest absolute Gasteiger partial charge is 0.493 e. The number of halogens is 2. The zero-order valence-corrected chi connectivity index (χ0v) is 14.9. The Kier molecular flexibility index (Phi) is 6.53. The maximum absolute atomic E-state index is 13.5. The molecule has 0 saturated carbocycles. The van der Waals surface area contributed by atoms with Crippen molar-refractivity contribution >= 4 is 23.2 Å². The Balaban J connectivity index is 2.05. The predicted octanol–water partition coefficient (Wildman–Crippen LogP) is 2.96. The molecule has 2 aromatic rings. The fraction of sp³-hybridized carbons (Fsp3) is 0.222. The summed E-state index contributed by atoms with van der Waals surface area (Å²) >= 11 is 0. The number of ether oxygens (including phenoxy) is 3. The molecule has 2 rings (SSSR count). The van der Waals surface area contributed by atoms with Crippen molar-refractivity contribution in [2.45, 2.75) is 6.42 Å². The highest BCUT2D eigenvalue weighted by Gasteiger charge is 2.16. The molecule has 27 heavy (non-hydrogen) atoms. The van der Waals surface area contributed by atoms with Gasteiger partial charge in [-0.2, -0.15) is 0 Å². The fourth-order valence-corrected chi connectivity index (χ4v) is 2.29. The number of methoxy groups -OCH3 is 3. The van der Waals surface area contributed by atoms with Crippen LogP contribution < -0.4 is 24.8 Å². The number of hydrogen-bond donors (Lipinski definition) is 2. The van der Waals surface area contributed by atoms with Crippen LogP contribution in [0.3, 0.4) is 0 Å². The molecule has 0 atom stereocenters. The van der Waals surface area contributed by atoms with E-state index in [2.05, 4.69) is 10.6 Å². The van der Waals surface area contributed by atoms with Crippen LogP contribution >= 0.6 is 0 Å². The monoisotopic (exact) mass is 380 g/mol. The van der Waals surface area contributed by atoms with Gasteiger partial charge in [-0.25, -0.2) is 8.78 Å². The lowest BCUT2D eigenvalue weighted by atomic mass is 10.2. The molecule has 2 amide bonds. The van der Waals surface area contributed by atoms with Gasteiger partial charge >= 0.3 is 0 Å². The molecule has 0 unspecified atom stereocenters. The first kappa shape index (κ1) is 20.0. The van der Waals surface area contributed by atoms with Gasteiger partial charge in [0.15, 0.2) is 11.5 Å². The van der Waals surface area contributed by atoms with Crippen LogP contribution in [0.25, 0.3) is 0 Å². The standard InChI is InChI=1S/C18H18F2N2O5/c1-25-14-7-11(8-15(26-2)18(14)27-3)21-16(23)9-17(24)22-13-5-4-10(19)6-12(13)20/h4-8H,9H2,1-3H3,(H,21,23)(H,22,24). The molecule has 2 aromatic carbocycles. The molecule has 7 nitrogen and oxygen atoms in total. The maximum atomic E-state index is 13.5. The van der Waals surface area contributed by atoms with E-state index in [1.165, 1.54) is 33.5 Å². The molecule has 0 aliphatic rings. The van der Waals surface area contributed by atoms with Gasteiger partial charge in [0.2, 0.25) is 17.6 Å². The Hall–Kier alpha value is -3.36. The summed E-state index contributed by atoms with van der Waals surface area (Å²) in [5.41, 5.74) is 0.0947. The van der Waals surface area contributed by atoms with Gasteiger partial charge in [0, 0.05) is 23.9 Å². The number of carbonyl (C=O) groups excluding carboxylic acids is 2. The van der Waals surface area contributed by atoms with Crippen LogP contribution in [0.2, 0.25) is 0 Å². The molecule has 9 heteroatoms. The van der Waals surface area contributed by atoms with Crippen molar-refractivity contribution in [3.63, 3.8) is 0 Å². The first-order valence-electron chi connectivity index (χ1n) is 7.72. The van der Waals surface area contributed by atoms with E-state index in [-0.39, 0.29) is 5.69 Å². The number of benzene rings is 2. The van der Waals surface area contributed by atoms with Crippen molar-refractivity contribution in [2.75, 3.05) is 32.0 Å². The summed E-state index contributed by atoms with van der Waals surface area (Å²) in [4.78, 5) is 24.0. The lowest BCUT2D eigenvalue weighted by Gasteiger charge is -2.14. The molecule has 0 fully saturated rings. The Morgan fingerprint density at radius 3 is 2.00 bits per heavy atom. The summed E-state index contributed by atoms with van der Waals surface area (Å²) in [6.45, 7) is 0. The summed E-state index contributed by atoms with van der Waals surface area (Å²) in [7, 11) is 4.29. The van der Waals surface area contributed by atoms with Crippen molar-refractivity contribution in [3.8, 4) is 17.2 Å². The summed E-state index contributed by atoms with van der Waals surface area (Å²) < 4.78 is 41.9. The first-order valence-corrected chi connectivity index (χ1v) is 7.72. The molecule has 0 aromatic heterocycles. The fourth-order valence-electron chi connectivity index (χ4n) is 2.29. The van der Waals surface area contributed by atoms with Gasteiger partial charge in [-0.15, -0.1) is 0 Å². The normalized spacial score (nSPS) is 10.1. The minimum Gasteiger partial charge on any atom is -0.493 e. The summed E-state index contributed by atoms with van der Waals surface area (Å²) in [6, 6.07) is 5.69. The van der Waals surface area contributed by atoms with Gasteiger partial charge < -0.3 is 24.8 Å². The second kappa shape index (κ2) is 8.84. The molecular formula is C18H18F2N2O5. The third-order valence-electron chi connectivity index (χ3n) is 3.47. The third-order valence-corrected chi connectivity index (χ3v) is 3.47. The highest BCUT2D eigenvalue weighted by molar-refractivity contribution is 6.08. The molecule has 0 bridgehead atoms.